The predicted octanol–water partition coefficient (Wildman–Crippen LogP) is 3.51. The van der Waals surface area contributed by atoms with Gasteiger partial charge in [-0.1, -0.05) is 79.6 Å². The zero-order chi connectivity index (χ0) is 57.4. The van der Waals surface area contributed by atoms with Gasteiger partial charge in [0.05, 0.1) is 24.2 Å². The quantitative estimate of drug-likeness (QED) is 0.0243. The summed E-state index contributed by atoms with van der Waals surface area (Å²) in [6.07, 6.45) is 4.98. The number of carbonyl (C=O) groups is 6. The fourth-order valence-electron chi connectivity index (χ4n) is 14.8. The molecule has 6 heterocycles. The van der Waals surface area contributed by atoms with Crippen LogP contribution in [0.4, 0.5) is 10.5 Å². The van der Waals surface area contributed by atoms with Crippen molar-refractivity contribution in [1.82, 2.24) is 36.3 Å². The number of amides is 4. The molecule has 12 atom stereocenters. The zero-order valence-electron chi connectivity index (χ0n) is 46.5. The van der Waals surface area contributed by atoms with Gasteiger partial charge in [-0.2, -0.15) is 0 Å². The molecule has 1 aliphatic carbocycles. The molecular formula is C57H78N8O13S2. The molecule has 1 unspecified atom stereocenters. The smallest absolute Gasteiger partial charge is 0.426 e. The van der Waals surface area contributed by atoms with Gasteiger partial charge in [-0.3, -0.25) is 34.4 Å². The van der Waals surface area contributed by atoms with Gasteiger partial charge in [-0.05, 0) is 80.7 Å². The molecule has 3 aromatic rings. The van der Waals surface area contributed by atoms with Crippen molar-refractivity contribution in [2.24, 2.45) is 17.3 Å². The van der Waals surface area contributed by atoms with Crippen LogP contribution in [0, 0.1) is 17.3 Å². The molecule has 2 aromatic carbocycles. The number of hydrogen-bond acceptors (Lipinski definition) is 17. The largest absolute Gasteiger partial charge is 0.496 e. The van der Waals surface area contributed by atoms with Gasteiger partial charge in [-0.15, -0.1) is 0 Å². The highest BCUT2D eigenvalue weighted by molar-refractivity contribution is 8.76. The lowest BCUT2D eigenvalue weighted by Crippen LogP contribution is -2.82. The minimum Gasteiger partial charge on any atom is -0.496 e. The summed E-state index contributed by atoms with van der Waals surface area (Å²) in [5, 5.41) is 54.1. The Labute approximate surface area is 474 Å². The second kappa shape index (κ2) is 23.7. The van der Waals surface area contributed by atoms with Crippen molar-refractivity contribution in [2.75, 3.05) is 83.0 Å². The SMILES string of the molecule is CC[C@@H](C)C(=O)N[C@@H](CNC(=O)CCSSCCOC(=O)NNC(=O)[C@@]1(O)[C@H](O)[C@]2(CC)C=CCN3CC[C@@]4(c5cc([C@@]6(COC=O)C[C@@H]7CN(CCc8c6[nH]c6ccccc86)C[C@](O)(CC)C7)c(OC)cc5N(C)[C@@H]14)[C@@H]32)C(=O)O. The number of anilines is 1. The third kappa shape index (κ3) is 10.3. The van der Waals surface area contributed by atoms with Crippen LogP contribution in [0.1, 0.15) is 95.0 Å². The van der Waals surface area contributed by atoms with Gasteiger partial charge in [0.25, 0.3) is 12.4 Å². The maximum absolute atomic E-state index is 15.0. The highest BCUT2D eigenvalue weighted by atomic mass is 33.1. The number of hydrazine groups is 1. The molecule has 0 radical (unpaired) electrons. The molecule has 1 aromatic heterocycles. The number of aromatic amines is 1. The van der Waals surface area contributed by atoms with Crippen molar-refractivity contribution >= 4 is 74.4 Å². The predicted molar refractivity (Wildman–Crippen MR) is 303 cm³/mol. The maximum atomic E-state index is 15.0. The number of nitrogens with one attached hydrogen (secondary N) is 5. The Kier molecular flexibility index (Phi) is 17.5. The van der Waals surface area contributed by atoms with Crippen molar-refractivity contribution in [3.8, 4) is 5.75 Å². The summed E-state index contributed by atoms with van der Waals surface area (Å²) in [7, 11) is 6.08. The van der Waals surface area contributed by atoms with Crippen LogP contribution in [0.5, 0.6) is 5.75 Å². The molecule has 80 heavy (non-hydrogen) atoms. The maximum Gasteiger partial charge on any atom is 0.426 e. The van der Waals surface area contributed by atoms with Crippen molar-refractivity contribution in [3.05, 3.63) is 70.9 Å². The number of aliphatic hydroxyl groups excluding tert-OH is 1. The van der Waals surface area contributed by atoms with Gasteiger partial charge < -0.3 is 55.2 Å². The van der Waals surface area contributed by atoms with Crippen LogP contribution in [0.3, 0.4) is 0 Å². The first-order valence-electron chi connectivity index (χ1n) is 28.0. The average molecular weight is 1150 g/mol. The third-order valence-corrected chi connectivity index (χ3v) is 20.9. The second-order valence-electron chi connectivity index (χ2n) is 22.8. The van der Waals surface area contributed by atoms with Crippen LogP contribution in [0.2, 0.25) is 0 Å². The standard InChI is InChI=1S/C57H78N8O13S2/c1-7-34(4)46(68)60-41(47(69)70)29-58-44(67)16-23-79-80-24-22-78-52(73)62-61-51(72)57(75)49-56(18-21-65-19-12-17-54(9-3,48(56)65)50(57)71)38-25-39(43(76-6)26-42(38)63(49)5)55(32-77-33-66)28-35-27-53(74,8-2)31-64(30-35)20-15-37-36-13-10-11-14-40(36)59-45(37)55/h10-14,17,25-26,33-35,41,48-50,59,71,74-75H,7-9,15-16,18-24,27-32H2,1-6H3,(H,58,67)(H,60,68)(H,61,72)(H,62,73)(H,69,70)/t34-,35-,41+,48+,49-,50-,53+,54-,55+,56-,57+/m1/s1. The van der Waals surface area contributed by atoms with E-state index in [1.54, 1.807) is 21.1 Å². The number of ether oxygens (including phenoxy) is 3. The van der Waals surface area contributed by atoms with E-state index in [-0.39, 0.29) is 38.0 Å². The van der Waals surface area contributed by atoms with E-state index in [4.69, 9.17) is 14.2 Å². The van der Waals surface area contributed by atoms with Crippen LogP contribution >= 0.6 is 21.6 Å². The van der Waals surface area contributed by atoms with Gasteiger partial charge in [0, 0.05) is 114 Å². The Hall–Kier alpha value is -5.56. The van der Waals surface area contributed by atoms with Crippen LogP contribution < -0.4 is 31.1 Å². The van der Waals surface area contributed by atoms with Crippen molar-refractivity contribution in [3.63, 3.8) is 0 Å². The summed E-state index contributed by atoms with van der Waals surface area (Å²) in [6, 6.07) is 9.51. The molecule has 436 valence electrons. The number of H-pyrrole nitrogens is 1. The number of aliphatic carboxylic acids is 1. The van der Waals surface area contributed by atoms with Crippen molar-refractivity contribution < 1.29 is 63.4 Å². The lowest BCUT2D eigenvalue weighted by Gasteiger charge is -2.63. The Morgan fingerprint density at radius 2 is 1.76 bits per heavy atom. The number of piperidine rings is 1. The molecule has 2 saturated heterocycles. The number of hydrogen-bond donors (Lipinski definition) is 9. The minimum absolute atomic E-state index is 0.0437. The molecule has 5 aliphatic heterocycles. The number of likely N-dealkylation sites (N-methyl/N-ethyl adjacent to an activating group) is 1. The van der Waals surface area contributed by atoms with E-state index < -0.39 is 81.5 Å². The number of benzene rings is 2. The van der Waals surface area contributed by atoms with E-state index in [1.165, 1.54) is 21.6 Å². The molecule has 1 saturated carbocycles. The molecule has 9 N–H and O–H groups in total. The molecular weight excluding hydrogens is 1070 g/mol. The fourth-order valence-corrected chi connectivity index (χ4v) is 16.6. The Morgan fingerprint density at radius 3 is 2.49 bits per heavy atom. The topological polar surface area (TPSA) is 285 Å². The monoisotopic (exact) mass is 1150 g/mol. The molecule has 6 aliphatic rings. The first-order chi connectivity index (χ1) is 38.3. The number of aromatic nitrogens is 1. The lowest BCUT2D eigenvalue weighted by atomic mass is 9.47. The van der Waals surface area contributed by atoms with Crippen LogP contribution in [0.15, 0.2) is 48.6 Å². The molecule has 4 amide bonds. The van der Waals surface area contributed by atoms with Crippen LogP contribution in [-0.4, -0.2) is 185 Å². The van der Waals surface area contributed by atoms with E-state index in [1.807, 2.05) is 62.1 Å². The number of carboxylic acid groups (broad SMARTS) is 1. The Bertz CT molecular complexity index is 2880. The number of methoxy groups -OCH3 is 1. The fraction of sp³-hybridized carbons (Fsp3) is 0.614. The van der Waals surface area contributed by atoms with Crippen molar-refractivity contribution in [2.45, 2.75) is 125 Å². The first kappa shape index (κ1) is 59.1. The summed E-state index contributed by atoms with van der Waals surface area (Å²) in [5.41, 5.74) is 3.21. The Morgan fingerprint density at radius 1 is 0.988 bits per heavy atom. The Balaban J connectivity index is 0.975. The molecule has 9 rings (SSSR count). The number of nitrogens with zero attached hydrogens (tertiary/aromatic N) is 3. The number of carbonyl (C=O) groups excluding carboxylic acids is 5. The molecule has 23 heteroatoms. The average Bonchev–Trinajstić information content (AvgIpc) is 3.94. The number of carboxylic acids is 1. The highest BCUT2D eigenvalue weighted by Crippen LogP contribution is 2.67. The van der Waals surface area contributed by atoms with Gasteiger partial charge in [-0.25, -0.2) is 15.0 Å². The van der Waals surface area contributed by atoms with E-state index in [2.05, 4.69) is 48.4 Å². The molecule has 1 spiro atoms. The summed E-state index contributed by atoms with van der Waals surface area (Å²) < 4.78 is 17.8. The molecule has 21 nitrogen and oxygen atoms in total. The lowest BCUT2D eigenvalue weighted by molar-refractivity contribution is -0.204. The number of rotatable bonds is 21. The van der Waals surface area contributed by atoms with Crippen LogP contribution in [0.25, 0.3) is 10.9 Å². The second-order valence-corrected chi connectivity index (χ2v) is 25.5. The first-order valence-corrected chi connectivity index (χ1v) is 30.5. The summed E-state index contributed by atoms with van der Waals surface area (Å²) >= 11 is 0. The normalized spacial score (nSPS) is 30.9. The molecule has 2 bridgehead atoms. The zero-order valence-corrected chi connectivity index (χ0v) is 48.1. The number of fused-ring (bicyclic) bond motifs is 6. The highest BCUT2D eigenvalue weighted by Gasteiger charge is 2.79. The van der Waals surface area contributed by atoms with E-state index in [0.29, 0.717) is 101 Å². The number of para-hydroxylation sites is 1. The van der Waals surface area contributed by atoms with Crippen LogP contribution in [-0.2, 0) is 50.7 Å². The summed E-state index contributed by atoms with van der Waals surface area (Å²) in [6.45, 7) is 10.7. The summed E-state index contributed by atoms with van der Waals surface area (Å²) in [4.78, 5) is 87.5. The van der Waals surface area contributed by atoms with Gasteiger partial charge in [0.15, 0.2) is 5.60 Å². The molecule has 3 fully saturated rings. The van der Waals surface area contributed by atoms with Gasteiger partial charge in [0.1, 0.15) is 31.1 Å². The van der Waals surface area contributed by atoms with Crippen molar-refractivity contribution in [1.29, 1.82) is 0 Å². The minimum atomic E-state index is -2.55. The third-order valence-electron chi connectivity index (χ3n) is 18.6. The summed E-state index contributed by atoms with van der Waals surface area (Å²) in [5.74, 6) is -2.32. The van der Waals surface area contributed by atoms with E-state index >= 15 is 4.79 Å². The van der Waals surface area contributed by atoms with E-state index in [0.717, 1.165) is 39.8 Å². The number of aliphatic hydroxyl groups is 3. The van der Waals surface area contributed by atoms with Gasteiger partial charge in [0.2, 0.25) is 11.8 Å². The van der Waals surface area contributed by atoms with E-state index in [9.17, 15) is 44.4 Å². The van der Waals surface area contributed by atoms with Gasteiger partial charge >= 0.3 is 12.1 Å².